The highest BCUT2D eigenvalue weighted by atomic mass is 16.5. The number of nitrogens with one attached hydrogen (secondary N) is 2. The van der Waals surface area contributed by atoms with Crippen LogP contribution in [0.3, 0.4) is 0 Å². The van der Waals surface area contributed by atoms with Gasteiger partial charge in [0.1, 0.15) is 12.6 Å². The number of hydrogen-bond donors (Lipinski definition) is 4. The van der Waals surface area contributed by atoms with Gasteiger partial charge in [0.15, 0.2) is 0 Å². The Balaban J connectivity index is 1.33. The van der Waals surface area contributed by atoms with E-state index in [0.29, 0.717) is 6.42 Å². The van der Waals surface area contributed by atoms with Crippen LogP contribution in [0.5, 0.6) is 0 Å². The lowest BCUT2D eigenvalue weighted by atomic mass is 9.78. The van der Waals surface area contributed by atoms with E-state index in [9.17, 15) is 19.5 Å². The molecule has 3 atom stereocenters. The van der Waals surface area contributed by atoms with Crippen molar-refractivity contribution in [3.05, 3.63) is 59.7 Å². The highest BCUT2D eigenvalue weighted by molar-refractivity contribution is 5.85. The summed E-state index contributed by atoms with van der Waals surface area (Å²) < 4.78 is 5.58. The van der Waals surface area contributed by atoms with E-state index in [2.05, 4.69) is 34.9 Å². The maximum absolute atomic E-state index is 12.6. The molecule has 0 radical (unpaired) electrons. The fourth-order valence-electron chi connectivity index (χ4n) is 5.13. The first-order valence-corrected chi connectivity index (χ1v) is 11.7. The molecular weight excluding hydrogens is 436 g/mol. The second kappa shape index (κ2) is 10.7. The molecule has 0 bridgehead atoms. The van der Waals surface area contributed by atoms with Crippen LogP contribution in [-0.4, -0.2) is 54.0 Å². The molecule has 34 heavy (non-hydrogen) atoms. The van der Waals surface area contributed by atoms with Gasteiger partial charge in [0, 0.05) is 18.4 Å². The Morgan fingerprint density at radius 2 is 1.59 bits per heavy atom. The van der Waals surface area contributed by atoms with Crippen LogP contribution in [0.25, 0.3) is 11.1 Å². The van der Waals surface area contributed by atoms with E-state index in [1.54, 1.807) is 0 Å². The molecule has 2 aromatic rings. The summed E-state index contributed by atoms with van der Waals surface area (Å²) in [6.45, 7) is -0.187. The highest BCUT2D eigenvalue weighted by Crippen LogP contribution is 2.44. The van der Waals surface area contributed by atoms with E-state index < -0.39 is 36.5 Å². The zero-order valence-corrected chi connectivity index (χ0v) is 18.9. The molecule has 2 aromatic carbocycles. The molecule has 0 heterocycles. The molecule has 1 fully saturated rings. The van der Waals surface area contributed by atoms with Gasteiger partial charge in [-0.1, -0.05) is 61.4 Å². The number of aliphatic hydroxyl groups is 1. The second-order valence-corrected chi connectivity index (χ2v) is 8.94. The lowest BCUT2D eigenvalue weighted by molar-refractivity contribution is -0.144. The maximum atomic E-state index is 12.6. The number of carboxylic acid groups (broad SMARTS) is 1. The number of ether oxygens (including phenoxy) is 1. The Hall–Kier alpha value is -3.39. The summed E-state index contributed by atoms with van der Waals surface area (Å²) in [5.41, 5.74) is 4.59. The lowest BCUT2D eigenvalue weighted by Crippen LogP contribution is -2.49. The quantitative estimate of drug-likeness (QED) is 0.474. The number of fused-ring (bicyclic) bond motifs is 3. The molecule has 2 aliphatic rings. The number of amides is 2. The third kappa shape index (κ3) is 5.07. The summed E-state index contributed by atoms with van der Waals surface area (Å²) in [5, 5.41) is 23.5. The van der Waals surface area contributed by atoms with E-state index in [1.165, 1.54) is 0 Å². The SMILES string of the molecule is O=C(NCC1CCCCC1C(=O)NC(CO)C(=O)O)OCC1c2ccccc2-c2ccccc21. The molecule has 4 rings (SSSR count). The topological polar surface area (TPSA) is 125 Å². The van der Waals surface area contributed by atoms with E-state index in [-0.39, 0.29) is 25.0 Å². The molecule has 0 spiro atoms. The number of carbonyl (C=O) groups is 3. The Bertz CT molecular complexity index is 1010. The number of alkyl carbamates (subject to hydrolysis) is 1. The molecule has 4 N–H and O–H groups in total. The zero-order chi connectivity index (χ0) is 24.1. The third-order valence-electron chi connectivity index (χ3n) is 6.90. The minimum atomic E-state index is -1.33. The van der Waals surface area contributed by atoms with Crippen molar-refractivity contribution in [1.82, 2.24) is 10.6 Å². The second-order valence-electron chi connectivity index (χ2n) is 8.94. The Kier molecular flexibility index (Phi) is 7.47. The summed E-state index contributed by atoms with van der Waals surface area (Å²) in [4.78, 5) is 36.3. The number of hydrogen-bond acceptors (Lipinski definition) is 5. The van der Waals surface area contributed by atoms with Crippen LogP contribution >= 0.6 is 0 Å². The largest absolute Gasteiger partial charge is 0.480 e. The number of rotatable bonds is 8. The minimum Gasteiger partial charge on any atom is -0.480 e. The van der Waals surface area contributed by atoms with Crippen LogP contribution in [0.4, 0.5) is 4.79 Å². The van der Waals surface area contributed by atoms with Crippen LogP contribution in [0.1, 0.15) is 42.7 Å². The van der Waals surface area contributed by atoms with Gasteiger partial charge < -0.3 is 25.6 Å². The molecule has 8 heteroatoms. The standard InChI is InChI=1S/C26H30N2O6/c29-14-23(25(31)32)28-24(30)17-8-2-1-7-16(17)13-27-26(33)34-15-22-20-11-5-3-9-18(20)19-10-4-6-12-21(19)22/h3-6,9-12,16-17,22-23,29H,1-2,7-8,13-15H2,(H,27,33)(H,28,30)(H,31,32). The van der Waals surface area contributed by atoms with E-state index in [1.807, 2.05) is 24.3 Å². The van der Waals surface area contributed by atoms with Gasteiger partial charge in [-0.2, -0.15) is 0 Å². The maximum Gasteiger partial charge on any atom is 0.407 e. The smallest absolute Gasteiger partial charge is 0.407 e. The molecule has 3 unspecified atom stereocenters. The van der Waals surface area contributed by atoms with Gasteiger partial charge in [0.25, 0.3) is 0 Å². The molecule has 8 nitrogen and oxygen atoms in total. The normalized spacial score (nSPS) is 20.0. The lowest BCUT2D eigenvalue weighted by Gasteiger charge is -2.31. The first kappa shape index (κ1) is 23.8. The number of carboxylic acids is 1. The van der Waals surface area contributed by atoms with Crippen molar-refractivity contribution in [2.45, 2.75) is 37.6 Å². The molecule has 0 aromatic heterocycles. The van der Waals surface area contributed by atoms with Gasteiger partial charge >= 0.3 is 12.1 Å². The summed E-state index contributed by atoms with van der Waals surface area (Å²) in [7, 11) is 0. The fourth-order valence-corrected chi connectivity index (χ4v) is 5.13. The monoisotopic (exact) mass is 466 g/mol. The highest BCUT2D eigenvalue weighted by Gasteiger charge is 2.34. The molecule has 2 aliphatic carbocycles. The molecular formula is C26H30N2O6. The summed E-state index contributed by atoms with van der Waals surface area (Å²) in [6.07, 6.45) is 2.61. The Labute approximate surface area is 198 Å². The van der Waals surface area contributed by atoms with Crippen LogP contribution in [0, 0.1) is 11.8 Å². The van der Waals surface area contributed by atoms with E-state index in [0.717, 1.165) is 41.5 Å². The van der Waals surface area contributed by atoms with Crippen LogP contribution in [-0.2, 0) is 14.3 Å². The number of aliphatic carboxylic acids is 1. The zero-order valence-electron chi connectivity index (χ0n) is 18.9. The fraction of sp³-hybridized carbons (Fsp3) is 0.423. The first-order valence-electron chi connectivity index (χ1n) is 11.7. The van der Waals surface area contributed by atoms with Crippen molar-refractivity contribution in [1.29, 1.82) is 0 Å². The molecule has 0 aliphatic heterocycles. The third-order valence-corrected chi connectivity index (χ3v) is 6.90. The molecule has 0 saturated heterocycles. The Morgan fingerprint density at radius 1 is 0.971 bits per heavy atom. The predicted molar refractivity (Wildman–Crippen MR) is 125 cm³/mol. The number of benzene rings is 2. The van der Waals surface area contributed by atoms with Gasteiger partial charge in [0.05, 0.1) is 6.61 Å². The van der Waals surface area contributed by atoms with Crippen molar-refractivity contribution in [2.75, 3.05) is 19.8 Å². The van der Waals surface area contributed by atoms with E-state index >= 15 is 0 Å². The summed E-state index contributed by atoms with van der Waals surface area (Å²) >= 11 is 0. The van der Waals surface area contributed by atoms with Gasteiger partial charge in [-0.15, -0.1) is 0 Å². The molecule has 1 saturated carbocycles. The van der Waals surface area contributed by atoms with Gasteiger partial charge in [-0.25, -0.2) is 9.59 Å². The van der Waals surface area contributed by atoms with Gasteiger partial charge in [-0.05, 0) is 41.0 Å². The Morgan fingerprint density at radius 3 is 2.21 bits per heavy atom. The first-order chi connectivity index (χ1) is 16.5. The minimum absolute atomic E-state index is 0.0298. The average Bonchev–Trinajstić information content (AvgIpc) is 3.18. The van der Waals surface area contributed by atoms with Crippen molar-refractivity contribution in [3.63, 3.8) is 0 Å². The number of carbonyl (C=O) groups excluding carboxylic acids is 2. The van der Waals surface area contributed by atoms with Crippen molar-refractivity contribution in [2.24, 2.45) is 11.8 Å². The van der Waals surface area contributed by atoms with E-state index in [4.69, 9.17) is 9.84 Å². The number of aliphatic hydroxyl groups excluding tert-OH is 1. The predicted octanol–water partition coefficient (Wildman–Crippen LogP) is 2.89. The van der Waals surface area contributed by atoms with Crippen molar-refractivity contribution in [3.8, 4) is 11.1 Å². The van der Waals surface area contributed by atoms with Gasteiger partial charge in [-0.3, -0.25) is 4.79 Å². The van der Waals surface area contributed by atoms with Crippen LogP contribution in [0.15, 0.2) is 48.5 Å². The molecule has 2 amide bonds. The van der Waals surface area contributed by atoms with Crippen LogP contribution < -0.4 is 10.6 Å². The van der Waals surface area contributed by atoms with Gasteiger partial charge in [0.2, 0.25) is 5.91 Å². The molecule has 180 valence electrons. The average molecular weight is 467 g/mol. The summed E-state index contributed by atoms with van der Waals surface area (Å²) in [6, 6.07) is 14.9. The van der Waals surface area contributed by atoms with Crippen LogP contribution in [0.2, 0.25) is 0 Å². The van der Waals surface area contributed by atoms with Crippen molar-refractivity contribution < 1.29 is 29.3 Å². The summed E-state index contributed by atoms with van der Waals surface area (Å²) in [5.74, 6) is -2.25. The van der Waals surface area contributed by atoms with Crippen molar-refractivity contribution >= 4 is 18.0 Å².